The summed E-state index contributed by atoms with van der Waals surface area (Å²) in [6.07, 6.45) is 4.79. The molecule has 2 amide bonds. The van der Waals surface area contributed by atoms with Crippen LogP contribution in [0.4, 0.5) is 5.69 Å². The molecule has 1 saturated heterocycles. The molecule has 0 spiro atoms. The van der Waals surface area contributed by atoms with E-state index >= 15 is 0 Å². The van der Waals surface area contributed by atoms with Gasteiger partial charge in [-0.15, -0.1) is 0 Å². The zero-order valence-electron chi connectivity index (χ0n) is 13.6. The van der Waals surface area contributed by atoms with Gasteiger partial charge in [0, 0.05) is 23.6 Å². The first-order valence-corrected chi connectivity index (χ1v) is 7.96. The summed E-state index contributed by atoms with van der Waals surface area (Å²) in [5, 5.41) is 10.5. The van der Waals surface area contributed by atoms with E-state index in [1.807, 2.05) is 19.2 Å². The fraction of sp³-hybridized carbons (Fsp3) is 0.353. The number of nitrogens with zero attached hydrogens (tertiary/aromatic N) is 2. The topological polar surface area (TPSA) is 102 Å². The van der Waals surface area contributed by atoms with Gasteiger partial charge in [0.25, 0.3) is 5.91 Å². The number of hydrogen-bond donors (Lipinski definition) is 3. The lowest BCUT2D eigenvalue weighted by atomic mass is 9.87. The van der Waals surface area contributed by atoms with E-state index in [1.165, 1.54) is 0 Å². The zero-order chi connectivity index (χ0) is 17.2. The summed E-state index contributed by atoms with van der Waals surface area (Å²) in [5.74, 6) is -0.647. The van der Waals surface area contributed by atoms with Crippen LogP contribution in [0.2, 0.25) is 0 Å². The molecule has 2 aromatic rings. The predicted molar refractivity (Wildman–Crippen MR) is 90.6 cm³/mol. The van der Waals surface area contributed by atoms with Crippen LogP contribution in [0.25, 0.3) is 0 Å². The number of carbonyl (C=O) groups is 2. The number of nitrogens with one attached hydrogen (secondary N) is 2. The van der Waals surface area contributed by atoms with Crippen LogP contribution in [0.5, 0.6) is 0 Å². The summed E-state index contributed by atoms with van der Waals surface area (Å²) in [6, 6.07) is 6.86. The maximum atomic E-state index is 13.1. The third kappa shape index (κ3) is 2.90. The van der Waals surface area contributed by atoms with Crippen LogP contribution >= 0.6 is 0 Å². The Bertz CT molecular complexity index is 748. The number of hydrogen-bond acceptors (Lipinski definition) is 4. The molecule has 1 aliphatic heterocycles. The monoisotopic (exact) mass is 327 g/mol. The van der Waals surface area contributed by atoms with Crippen LogP contribution in [0.3, 0.4) is 0 Å². The summed E-state index contributed by atoms with van der Waals surface area (Å²) in [7, 11) is 0. The molecule has 0 saturated carbocycles. The molecule has 7 heteroatoms. The van der Waals surface area contributed by atoms with E-state index in [4.69, 9.17) is 5.73 Å². The van der Waals surface area contributed by atoms with E-state index in [0.717, 1.165) is 18.7 Å². The number of benzene rings is 1. The number of nitrogens with two attached hydrogens (primary N) is 1. The summed E-state index contributed by atoms with van der Waals surface area (Å²) in [4.78, 5) is 24.5. The molecule has 0 radical (unpaired) electrons. The fourth-order valence-corrected chi connectivity index (χ4v) is 3.07. The largest absolute Gasteiger partial charge is 0.366 e. The van der Waals surface area contributed by atoms with E-state index in [1.54, 1.807) is 29.1 Å². The molecule has 1 fully saturated rings. The van der Waals surface area contributed by atoms with E-state index in [-0.39, 0.29) is 5.91 Å². The summed E-state index contributed by atoms with van der Waals surface area (Å²) in [6.45, 7) is 3.37. The molecule has 0 unspecified atom stereocenters. The molecule has 0 aliphatic carbocycles. The molecule has 1 aromatic heterocycles. The Morgan fingerprint density at radius 3 is 2.71 bits per heavy atom. The van der Waals surface area contributed by atoms with Gasteiger partial charge < -0.3 is 16.4 Å². The molecule has 0 bridgehead atoms. The van der Waals surface area contributed by atoms with Gasteiger partial charge in [-0.05, 0) is 56.6 Å². The number of aryl methyl sites for hydroxylation is 1. The molecule has 0 atom stereocenters. The molecule has 1 aliphatic rings. The number of piperidine rings is 1. The molecular weight excluding hydrogens is 306 g/mol. The number of carbonyl (C=O) groups excluding carboxylic acids is 2. The average Bonchev–Trinajstić information content (AvgIpc) is 3.12. The third-order valence-corrected chi connectivity index (χ3v) is 4.57. The fourth-order valence-electron chi connectivity index (χ4n) is 3.07. The van der Waals surface area contributed by atoms with Crippen LogP contribution in [-0.4, -0.2) is 34.7 Å². The molecule has 126 valence electrons. The normalized spacial score (nSPS) is 16.5. The first-order valence-electron chi connectivity index (χ1n) is 7.96. The van der Waals surface area contributed by atoms with Crippen molar-refractivity contribution in [3.8, 4) is 0 Å². The molecule has 3 rings (SSSR count). The van der Waals surface area contributed by atoms with Gasteiger partial charge in [-0.2, -0.15) is 5.10 Å². The lowest BCUT2D eigenvalue weighted by Gasteiger charge is -2.36. The number of aromatic nitrogens is 2. The van der Waals surface area contributed by atoms with Crippen LogP contribution < -0.4 is 16.4 Å². The Morgan fingerprint density at radius 1 is 1.33 bits per heavy atom. The van der Waals surface area contributed by atoms with Crippen molar-refractivity contribution < 1.29 is 9.59 Å². The quantitative estimate of drug-likeness (QED) is 0.780. The second-order valence-electron chi connectivity index (χ2n) is 6.08. The number of amides is 2. The molecule has 1 aromatic carbocycles. The summed E-state index contributed by atoms with van der Waals surface area (Å²) < 4.78 is 1.73. The standard InChI is InChI=1S/C17H21N5O2/c1-12-3-4-13(15(18)23)11-14(12)21-16(24)17(5-8-19-9-6-17)22-10-2-7-20-22/h2-4,7,10-11,19H,5-6,8-9H2,1H3,(H2,18,23)(H,21,24). The lowest BCUT2D eigenvalue weighted by Crippen LogP contribution is -2.52. The third-order valence-electron chi connectivity index (χ3n) is 4.57. The van der Waals surface area contributed by atoms with Crippen molar-refractivity contribution in [3.05, 3.63) is 47.8 Å². The van der Waals surface area contributed by atoms with E-state index in [0.29, 0.717) is 24.1 Å². The Labute approximate surface area is 140 Å². The minimum absolute atomic E-state index is 0.127. The van der Waals surface area contributed by atoms with Gasteiger partial charge in [-0.3, -0.25) is 14.3 Å². The van der Waals surface area contributed by atoms with Gasteiger partial charge in [0.15, 0.2) is 0 Å². The van der Waals surface area contributed by atoms with Crippen LogP contribution in [0.15, 0.2) is 36.7 Å². The highest BCUT2D eigenvalue weighted by Gasteiger charge is 2.42. The highest BCUT2D eigenvalue weighted by molar-refractivity contribution is 5.99. The van der Waals surface area contributed by atoms with Gasteiger partial charge >= 0.3 is 0 Å². The minimum Gasteiger partial charge on any atom is -0.366 e. The molecule has 2 heterocycles. The Kier molecular flexibility index (Phi) is 4.35. The second-order valence-corrected chi connectivity index (χ2v) is 6.08. The van der Waals surface area contributed by atoms with Crippen molar-refractivity contribution in [3.63, 3.8) is 0 Å². The second kappa shape index (κ2) is 6.45. The number of rotatable bonds is 4. The van der Waals surface area contributed by atoms with Crippen molar-refractivity contribution in [2.75, 3.05) is 18.4 Å². The Morgan fingerprint density at radius 2 is 2.08 bits per heavy atom. The first kappa shape index (κ1) is 16.2. The van der Waals surface area contributed by atoms with Crippen LogP contribution in [0, 0.1) is 6.92 Å². The van der Waals surface area contributed by atoms with Gasteiger partial charge in [-0.25, -0.2) is 0 Å². The smallest absolute Gasteiger partial charge is 0.252 e. The van der Waals surface area contributed by atoms with E-state index < -0.39 is 11.4 Å². The summed E-state index contributed by atoms with van der Waals surface area (Å²) >= 11 is 0. The summed E-state index contributed by atoms with van der Waals surface area (Å²) in [5.41, 5.74) is 6.44. The van der Waals surface area contributed by atoms with Crippen molar-refractivity contribution >= 4 is 17.5 Å². The average molecular weight is 327 g/mol. The SMILES string of the molecule is Cc1ccc(C(N)=O)cc1NC(=O)C1(n2cccn2)CCNCC1. The van der Waals surface area contributed by atoms with E-state index in [9.17, 15) is 9.59 Å². The van der Waals surface area contributed by atoms with Gasteiger partial charge in [-0.1, -0.05) is 6.07 Å². The van der Waals surface area contributed by atoms with Gasteiger partial charge in [0.1, 0.15) is 5.54 Å². The van der Waals surface area contributed by atoms with Crippen molar-refractivity contribution in [1.29, 1.82) is 0 Å². The van der Waals surface area contributed by atoms with Crippen molar-refractivity contribution in [2.45, 2.75) is 25.3 Å². The minimum atomic E-state index is -0.732. The van der Waals surface area contributed by atoms with Gasteiger partial charge in [0.05, 0.1) is 0 Å². The van der Waals surface area contributed by atoms with Crippen LogP contribution in [0.1, 0.15) is 28.8 Å². The highest BCUT2D eigenvalue weighted by Crippen LogP contribution is 2.29. The number of primary amides is 1. The van der Waals surface area contributed by atoms with Crippen LogP contribution in [-0.2, 0) is 10.3 Å². The molecule has 24 heavy (non-hydrogen) atoms. The zero-order valence-corrected chi connectivity index (χ0v) is 13.6. The van der Waals surface area contributed by atoms with Crippen molar-refractivity contribution in [1.82, 2.24) is 15.1 Å². The van der Waals surface area contributed by atoms with Crippen molar-refractivity contribution in [2.24, 2.45) is 5.73 Å². The Hall–Kier alpha value is -2.67. The predicted octanol–water partition coefficient (Wildman–Crippen LogP) is 1.01. The van der Waals surface area contributed by atoms with Gasteiger partial charge in [0.2, 0.25) is 5.91 Å². The highest BCUT2D eigenvalue weighted by atomic mass is 16.2. The lowest BCUT2D eigenvalue weighted by molar-refractivity contribution is -0.126. The molecule has 4 N–H and O–H groups in total. The molecule has 7 nitrogen and oxygen atoms in total. The maximum absolute atomic E-state index is 13.1. The number of anilines is 1. The Balaban J connectivity index is 1.92. The maximum Gasteiger partial charge on any atom is 0.252 e. The first-order chi connectivity index (χ1) is 11.5. The van der Waals surface area contributed by atoms with E-state index in [2.05, 4.69) is 15.7 Å². The molecular formula is C17H21N5O2.